The molecule has 0 bridgehead atoms. The van der Waals surface area contributed by atoms with Gasteiger partial charge in [0, 0.05) is 55.2 Å². The van der Waals surface area contributed by atoms with E-state index in [1.165, 1.54) is 0 Å². The van der Waals surface area contributed by atoms with Crippen molar-refractivity contribution in [1.82, 2.24) is 9.80 Å². The number of hydrogen-bond acceptors (Lipinski definition) is 5. The van der Waals surface area contributed by atoms with Gasteiger partial charge in [0.25, 0.3) is 5.91 Å². The largest absolute Gasteiger partial charge is 0.354 e. The SMILES string of the molecule is CCCN1CCN(CC(=O)N(C)c2ccc(N/C(=C3\C(=O)Nc4cc(Cl)ccc43)c3ccccc3)cc2)CC1. The van der Waals surface area contributed by atoms with E-state index in [-0.39, 0.29) is 11.8 Å². The number of carbonyl (C=O) groups excluding carboxylic acids is 2. The van der Waals surface area contributed by atoms with Gasteiger partial charge in [-0.3, -0.25) is 14.5 Å². The van der Waals surface area contributed by atoms with Crippen molar-refractivity contribution in [1.29, 1.82) is 0 Å². The molecule has 202 valence electrons. The number of amides is 2. The van der Waals surface area contributed by atoms with Crippen LogP contribution in [0.5, 0.6) is 0 Å². The third-order valence-corrected chi connectivity index (χ3v) is 7.54. The average Bonchev–Trinajstić information content (AvgIpc) is 3.27. The summed E-state index contributed by atoms with van der Waals surface area (Å²) in [6.07, 6.45) is 1.16. The van der Waals surface area contributed by atoms with Crippen LogP contribution in [0.25, 0.3) is 11.3 Å². The molecule has 2 N–H and O–H groups in total. The maximum absolute atomic E-state index is 13.1. The van der Waals surface area contributed by atoms with Crippen molar-refractivity contribution in [2.45, 2.75) is 13.3 Å². The predicted molar refractivity (Wildman–Crippen MR) is 160 cm³/mol. The van der Waals surface area contributed by atoms with E-state index in [0.29, 0.717) is 28.5 Å². The molecule has 3 aromatic carbocycles. The average molecular weight is 544 g/mol. The first kappa shape index (κ1) is 26.9. The first-order valence-corrected chi connectivity index (χ1v) is 13.8. The normalized spacial score (nSPS) is 16.9. The molecule has 0 aliphatic carbocycles. The van der Waals surface area contributed by atoms with Crippen LogP contribution in [0, 0.1) is 0 Å². The quantitative estimate of drug-likeness (QED) is 0.379. The Balaban J connectivity index is 1.33. The van der Waals surface area contributed by atoms with Gasteiger partial charge in [0.05, 0.1) is 23.5 Å². The smallest absolute Gasteiger partial charge is 0.258 e. The Kier molecular flexibility index (Phi) is 8.31. The molecule has 8 heteroatoms. The van der Waals surface area contributed by atoms with Gasteiger partial charge in [0.1, 0.15) is 0 Å². The fraction of sp³-hybridized carbons (Fsp3) is 0.290. The number of piperazine rings is 1. The van der Waals surface area contributed by atoms with E-state index in [2.05, 4.69) is 27.4 Å². The Morgan fingerprint density at radius 2 is 1.67 bits per heavy atom. The summed E-state index contributed by atoms with van der Waals surface area (Å²) in [6.45, 7) is 7.60. The highest BCUT2D eigenvalue weighted by Gasteiger charge is 2.28. The number of nitrogens with zero attached hydrogens (tertiary/aromatic N) is 3. The molecule has 2 amide bonds. The van der Waals surface area contributed by atoms with E-state index in [1.807, 2.05) is 67.7 Å². The molecule has 0 saturated carbocycles. The number of nitrogens with one attached hydrogen (secondary N) is 2. The number of rotatable bonds is 8. The van der Waals surface area contributed by atoms with Gasteiger partial charge in [-0.1, -0.05) is 54.9 Å². The van der Waals surface area contributed by atoms with Gasteiger partial charge in [0.15, 0.2) is 0 Å². The van der Waals surface area contributed by atoms with E-state index >= 15 is 0 Å². The molecule has 2 heterocycles. The highest BCUT2D eigenvalue weighted by atomic mass is 35.5. The van der Waals surface area contributed by atoms with E-state index in [4.69, 9.17) is 11.6 Å². The van der Waals surface area contributed by atoms with Crippen LogP contribution in [0.3, 0.4) is 0 Å². The summed E-state index contributed by atoms with van der Waals surface area (Å²) in [5.74, 6) is -0.110. The van der Waals surface area contributed by atoms with Crippen molar-refractivity contribution < 1.29 is 9.59 Å². The van der Waals surface area contributed by atoms with Crippen molar-refractivity contribution in [2.24, 2.45) is 0 Å². The van der Waals surface area contributed by atoms with Crippen molar-refractivity contribution in [3.63, 3.8) is 0 Å². The molecule has 0 radical (unpaired) electrons. The predicted octanol–water partition coefficient (Wildman–Crippen LogP) is 5.26. The lowest BCUT2D eigenvalue weighted by molar-refractivity contribution is -0.119. The maximum atomic E-state index is 13.1. The van der Waals surface area contributed by atoms with E-state index in [9.17, 15) is 9.59 Å². The Hall–Kier alpha value is -3.65. The van der Waals surface area contributed by atoms with Gasteiger partial charge in [-0.05, 0) is 54.9 Å². The fourth-order valence-corrected chi connectivity index (χ4v) is 5.29. The number of benzene rings is 3. The Labute approximate surface area is 235 Å². The van der Waals surface area contributed by atoms with Crippen LogP contribution in [-0.2, 0) is 9.59 Å². The molecule has 3 aromatic rings. The van der Waals surface area contributed by atoms with Crippen LogP contribution in [0.1, 0.15) is 24.5 Å². The van der Waals surface area contributed by atoms with Crippen molar-refractivity contribution in [3.05, 3.63) is 88.9 Å². The zero-order chi connectivity index (χ0) is 27.4. The molecule has 2 aliphatic heterocycles. The molecule has 0 spiro atoms. The molecule has 0 unspecified atom stereocenters. The van der Waals surface area contributed by atoms with Crippen LogP contribution in [0.4, 0.5) is 17.1 Å². The Morgan fingerprint density at radius 3 is 2.36 bits per heavy atom. The van der Waals surface area contributed by atoms with Crippen molar-refractivity contribution >= 4 is 51.7 Å². The minimum absolute atomic E-state index is 0.0737. The van der Waals surface area contributed by atoms with Crippen LogP contribution in [-0.4, -0.2) is 67.9 Å². The molecule has 5 rings (SSSR count). The fourth-order valence-electron chi connectivity index (χ4n) is 5.12. The third kappa shape index (κ3) is 6.17. The summed E-state index contributed by atoms with van der Waals surface area (Å²) in [6, 6.07) is 22.9. The highest BCUT2D eigenvalue weighted by molar-refractivity contribution is 6.38. The summed E-state index contributed by atoms with van der Waals surface area (Å²) in [4.78, 5) is 32.5. The third-order valence-electron chi connectivity index (χ3n) is 7.30. The van der Waals surface area contributed by atoms with E-state index in [1.54, 1.807) is 17.0 Å². The van der Waals surface area contributed by atoms with Gasteiger partial charge in [-0.25, -0.2) is 0 Å². The number of halogens is 1. The second kappa shape index (κ2) is 12.0. The zero-order valence-corrected chi connectivity index (χ0v) is 23.2. The molecule has 2 aliphatic rings. The molecule has 39 heavy (non-hydrogen) atoms. The minimum Gasteiger partial charge on any atom is -0.354 e. The number of hydrogen-bond donors (Lipinski definition) is 2. The lowest BCUT2D eigenvalue weighted by atomic mass is 10.00. The molecule has 0 atom stereocenters. The second-order valence-corrected chi connectivity index (χ2v) is 10.4. The zero-order valence-electron chi connectivity index (χ0n) is 22.4. The van der Waals surface area contributed by atoms with Crippen LogP contribution in [0.15, 0.2) is 72.8 Å². The van der Waals surface area contributed by atoms with Crippen LogP contribution < -0.4 is 15.5 Å². The number of fused-ring (bicyclic) bond motifs is 1. The molecule has 7 nitrogen and oxygen atoms in total. The molecule has 0 aromatic heterocycles. The van der Waals surface area contributed by atoms with Gasteiger partial charge >= 0.3 is 0 Å². The number of anilines is 3. The summed E-state index contributed by atoms with van der Waals surface area (Å²) < 4.78 is 0. The lowest BCUT2D eigenvalue weighted by Gasteiger charge is -2.34. The Morgan fingerprint density at radius 1 is 0.974 bits per heavy atom. The van der Waals surface area contributed by atoms with Gasteiger partial charge in [0.2, 0.25) is 5.91 Å². The van der Waals surface area contributed by atoms with Crippen LogP contribution >= 0.6 is 11.6 Å². The summed E-state index contributed by atoms with van der Waals surface area (Å²) >= 11 is 6.16. The summed E-state index contributed by atoms with van der Waals surface area (Å²) in [7, 11) is 1.82. The highest BCUT2D eigenvalue weighted by Crippen LogP contribution is 2.38. The van der Waals surface area contributed by atoms with E-state index < -0.39 is 0 Å². The molecular formula is C31H34ClN5O2. The van der Waals surface area contributed by atoms with Crippen LogP contribution in [0.2, 0.25) is 5.02 Å². The van der Waals surface area contributed by atoms with Crippen molar-refractivity contribution in [2.75, 3.05) is 61.8 Å². The van der Waals surface area contributed by atoms with Crippen molar-refractivity contribution in [3.8, 4) is 0 Å². The van der Waals surface area contributed by atoms with Gasteiger partial charge in [-0.15, -0.1) is 0 Å². The van der Waals surface area contributed by atoms with E-state index in [0.717, 1.165) is 61.6 Å². The first-order valence-electron chi connectivity index (χ1n) is 13.4. The number of carbonyl (C=O) groups is 2. The summed E-state index contributed by atoms with van der Waals surface area (Å²) in [5, 5.41) is 6.97. The standard InChI is InChI=1S/C31H34ClN5O2/c1-3-15-36-16-18-37(19-17-36)21-28(38)35(2)25-12-10-24(11-13-25)33-30(22-7-5-4-6-8-22)29-26-14-9-23(32)20-27(26)34-31(29)39/h4-14,20,33H,3,15-19,21H2,1-2H3,(H,34,39)/b30-29-. The molecule has 1 fully saturated rings. The molecular weight excluding hydrogens is 510 g/mol. The monoisotopic (exact) mass is 543 g/mol. The maximum Gasteiger partial charge on any atom is 0.258 e. The topological polar surface area (TPSA) is 67.9 Å². The first-order chi connectivity index (χ1) is 18.9. The number of likely N-dealkylation sites (N-methyl/N-ethyl adjacent to an activating group) is 1. The Bertz CT molecular complexity index is 1370. The van der Waals surface area contributed by atoms with Gasteiger partial charge < -0.3 is 20.4 Å². The summed E-state index contributed by atoms with van der Waals surface area (Å²) in [5.41, 5.74) is 5.28. The van der Waals surface area contributed by atoms with Gasteiger partial charge in [-0.2, -0.15) is 0 Å². The lowest BCUT2D eigenvalue weighted by Crippen LogP contribution is -2.49. The second-order valence-electron chi connectivity index (χ2n) is 10.0. The molecule has 1 saturated heterocycles. The minimum atomic E-state index is -0.184.